The van der Waals surface area contributed by atoms with Gasteiger partial charge in [0.25, 0.3) is 11.3 Å². The molecule has 6 nitrogen and oxygen atoms in total. The molecule has 0 unspecified atom stereocenters. The van der Waals surface area contributed by atoms with Crippen molar-refractivity contribution in [2.45, 2.75) is 0 Å². The highest BCUT2D eigenvalue weighted by atomic mass is 35.5. The average Bonchev–Trinajstić information content (AvgIpc) is 3.16. The number of fused-ring (bicyclic) bond motifs is 2. The van der Waals surface area contributed by atoms with Gasteiger partial charge in [0, 0.05) is 22.5 Å². The van der Waals surface area contributed by atoms with Gasteiger partial charge < -0.3 is 0 Å². The third-order valence-corrected chi connectivity index (χ3v) is 4.67. The smallest absolute Gasteiger partial charge is 0.266 e. The fourth-order valence-electron chi connectivity index (χ4n) is 3.19. The van der Waals surface area contributed by atoms with Crippen molar-refractivity contribution in [2.24, 2.45) is 0 Å². The number of nitrogens with zero attached hydrogens (tertiary/aromatic N) is 5. The minimum Gasteiger partial charge on any atom is -0.284 e. The van der Waals surface area contributed by atoms with Crippen LogP contribution in [-0.4, -0.2) is 24.1 Å². The number of aromatic nitrogens is 5. The van der Waals surface area contributed by atoms with Crippen LogP contribution in [0.4, 0.5) is 0 Å². The van der Waals surface area contributed by atoms with Crippen LogP contribution >= 0.6 is 11.6 Å². The van der Waals surface area contributed by atoms with Crippen LogP contribution in [0.3, 0.4) is 0 Å². The summed E-state index contributed by atoms with van der Waals surface area (Å²) in [7, 11) is 0. The van der Waals surface area contributed by atoms with Crippen LogP contribution in [0.25, 0.3) is 33.6 Å². The Morgan fingerprint density at radius 1 is 0.926 bits per heavy atom. The summed E-state index contributed by atoms with van der Waals surface area (Å²) in [5.74, 6) is 0.449. The third-order valence-electron chi connectivity index (χ3n) is 4.42. The Labute approximate surface area is 158 Å². The summed E-state index contributed by atoms with van der Waals surface area (Å²) in [6.45, 7) is 0. The topological polar surface area (TPSA) is 65.1 Å². The number of pyridine rings is 1. The zero-order chi connectivity index (χ0) is 18.4. The van der Waals surface area contributed by atoms with Gasteiger partial charge in [-0.05, 0) is 30.3 Å². The Kier molecular flexibility index (Phi) is 3.51. The summed E-state index contributed by atoms with van der Waals surface area (Å²) in [5.41, 5.74) is 2.65. The minimum atomic E-state index is -0.182. The fraction of sp³-hybridized carbons (Fsp3) is 0. The van der Waals surface area contributed by atoms with E-state index in [-0.39, 0.29) is 5.56 Å². The molecule has 0 radical (unpaired) electrons. The maximum atomic E-state index is 13.4. The summed E-state index contributed by atoms with van der Waals surface area (Å²) in [6.07, 6.45) is 3.15. The van der Waals surface area contributed by atoms with E-state index in [1.807, 2.05) is 36.4 Å². The van der Waals surface area contributed by atoms with E-state index >= 15 is 0 Å². The lowest BCUT2D eigenvalue weighted by molar-refractivity contribution is 0.948. The van der Waals surface area contributed by atoms with Gasteiger partial charge in [-0.1, -0.05) is 41.9 Å². The first-order chi connectivity index (χ1) is 13.2. The highest BCUT2D eigenvalue weighted by molar-refractivity contribution is 6.30. The minimum absolute atomic E-state index is 0.182. The Morgan fingerprint density at radius 2 is 1.70 bits per heavy atom. The number of benzene rings is 2. The molecule has 0 amide bonds. The van der Waals surface area contributed by atoms with Crippen LogP contribution in [0.1, 0.15) is 0 Å². The summed E-state index contributed by atoms with van der Waals surface area (Å²) in [5, 5.41) is 5.38. The molecule has 3 aromatic heterocycles. The maximum absolute atomic E-state index is 13.4. The molecule has 0 bridgehead atoms. The van der Waals surface area contributed by atoms with E-state index < -0.39 is 0 Å². The number of rotatable bonds is 2. The van der Waals surface area contributed by atoms with E-state index in [9.17, 15) is 4.79 Å². The van der Waals surface area contributed by atoms with Crippen LogP contribution in [-0.2, 0) is 0 Å². The first kappa shape index (κ1) is 15.7. The van der Waals surface area contributed by atoms with Gasteiger partial charge in [0.05, 0.1) is 16.6 Å². The van der Waals surface area contributed by atoms with Gasteiger partial charge in [0.15, 0.2) is 0 Å². The molecule has 0 N–H and O–H groups in total. The largest absolute Gasteiger partial charge is 0.284 e. The molecule has 7 heteroatoms. The maximum Gasteiger partial charge on any atom is 0.266 e. The van der Waals surface area contributed by atoms with E-state index in [4.69, 9.17) is 11.6 Å². The van der Waals surface area contributed by atoms with Crippen LogP contribution in [0, 0.1) is 0 Å². The first-order valence-electron chi connectivity index (χ1n) is 8.29. The van der Waals surface area contributed by atoms with Gasteiger partial charge in [0.1, 0.15) is 6.33 Å². The second kappa shape index (κ2) is 6.03. The molecule has 130 valence electrons. The number of hydrogen-bond acceptors (Lipinski definition) is 4. The molecule has 2 aromatic carbocycles. The fourth-order valence-corrected chi connectivity index (χ4v) is 3.32. The predicted octanol–water partition coefficient (Wildman–Crippen LogP) is 3.75. The molecule has 5 aromatic rings. The predicted molar refractivity (Wildman–Crippen MR) is 104 cm³/mol. The van der Waals surface area contributed by atoms with Crippen molar-refractivity contribution in [3.05, 3.63) is 88.6 Å². The molecule has 0 saturated heterocycles. The van der Waals surface area contributed by atoms with Crippen molar-refractivity contribution < 1.29 is 0 Å². The lowest BCUT2D eigenvalue weighted by Gasteiger charge is -2.11. The van der Waals surface area contributed by atoms with Crippen molar-refractivity contribution in [3.63, 3.8) is 0 Å². The van der Waals surface area contributed by atoms with E-state index in [0.29, 0.717) is 27.4 Å². The van der Waals surface area contributed by atoms with E-state index in [0.717, 1.165) is 11.3 Å². The Hall–Kier alpha value is -3.51. The molecule has 0 saturated carbocycles. The second-order valence-corrected chi connectivity index (χ2v) is 6.46. The van der Waals surface area contributed by atoms with Crippen LogP contribution in [0.15, 0.2) is 78.0 Å². The van der Waals surface area contributed by atoms with Gasteiger partial charge in [-0.15, -0.1) is 0 Å². The quantitative estimate of drug-likeness (QED) is 0.472. The summed E-state index contributed by atoms with van der Waals surface area (Å²) >= 11 is 5.98. The molecule has 0 aliphatic rings. The van der Waals surface area contributed by atoms with Gasteiger partial charge in [-0.25, -0.2) is 4.98 Å². The highest BCUT2D eigenvalue weighted by Gasteiger charge is 2.17. The Morgan fingerprint density at radius 3 is 2.48 bits per heavy atom. The number of hydrogen-bond donors (Lipinski definition) is 0. The van der Waals surface area contributed by atoms with Crippen molar-refractivity contribution in [3.8, 4) is 16.9 Å². The van der Waals surface area contributed by atoms with Gasteiger partial charge in [-0.2, -0.15) is 14.6 Å². The number of halogens is 1. The molecular formula is C20H12ClN5O. The zero-order valence-corrected chi connectivity index (χ0v) is 14.7. The molecular weight excluding hydrogens is 362 g/mol. The van der Waals surface area contributed by atoms with E-state index in [1.165, 1.54) is 6.33 Å². The van der Waals surface area contributed by atoms with Crippen LogP contribution < -0.4 is 5.56 Å². The average molecular weight is 374 g/mol. The van der Waals surface area contributed by atoms with Crippen molar-refractivity contribution in [1.29, 1.82) is 0 Å². The van der Waals surface area contributed by atoms with Gasteiger partial charge >= 0.3 is 0 Å². The molecule has 0 atom stereocenters. The van der Waals surface area contributed by atoms with E-state index in [1.54, 1.807) is 39.5 Å². The molecule has 0 fully saturated rings. The van der Waals surface area contributed by atoms with Gasteiger partial charge in [-0.3, -0.25) is 9.36 Å². The Bertz CT molecular complexity index is 1340. The molecule has 5 rings (SSSR count). The zero-order valence-electron chi connectivity index (χ0n) is 14.0. The molecule has 0 spiro atoms. The highest BCUT2D eigenvalue weighted by Crippen LogP contribution is 2.26. The van der Waals surface area contributed by atoms with Crippen molar-refractivity contribution in [2.75, 3.05) is 0 Å². The van der Waals surface area contributed by atoms with E-state index in [2.05, 4.69) is 15.1 Å². The van der Waals surface area contributed by atoms with Crippen LogP contribution in [0.2, 0.25) is 5.02 Å². The normalized spacial score (nSPS) is 11.3. The summed E-state index contributed by atoms with van der Waals surface area (Å²) in [6, 6.07) is 18.6. The van der Waals surface area contributed by atoms with Crippen LogP contribution in [0.5, 0.6) is 0 Å². The molecule has 0 aliphatic heterocycles. The molecule has 0 aliphatic carbocycles. The summed E-state index contributed by atoms with van der Waals surface area (Å²) in [4.78, 5) is 22.1. The molecule has 3 heterocycles. The second-order valence-electron chi connectivity index (χ2n) is 6.03. The lowest BCUT2D eigenvalue weighted by atomic mass is 10.1. The van der Waals surface area contributed by atoms with Crippen molar-refractivity contribution >= 4 is 28.3 Å². The summed E-state index contributed by atoms with van der Waals surface area (Å²) < 4.78 is 3.18. The first-order valence-corrected chi connectivity index (χ1v) is 8.66. The Balaban J connectivity index is 1.92. The van der Waals surface area contributed by atoms with Crippen molar-refractivity contribution in [1.82, 2.24) is 24.1 Å². The van der Waals surface area contributed by atoms with Gasteiger partial charge in [0.2, 0.25) is 0 Å². The lowest BCUT2D eigenvalue weighted by Crippen LogP contribution is -2.20. The standard InChI is InChI=1S/C20H12ClN5O/c21-14-6-8-15(9-7-14)25-11-10-16-17(19(25)27)18(13-4-2-1-3-5-13)26-20(24-16)22-12-23-26/h1-12H. The molecule has 27 heavy (non-hydrogen) atoms. The monoisotopic (exact) mass is 373 g/mol. The SMILES string of the molecule is O=c1c2c(-c3ccccc3)n3ncnc3nc2ccn1-c1ccc(Cl)cc1. The third kappa shape index (κ3) is 2.50.